The number of fused-ring (bicyclic) bond motifs is 6. The Morgan fingerprint density at radius 1 is 0.603 bits per heavy atom. The maximum Gasteiger partial charge on any atom is 0.140 e. The van der Waals surface area contributed by atoms with Gasteiger partial charge < -0.3 is 9.88 Å². The number of nitrogens with one attached hydrogen (secondary N) is 2. The van der Waals surface area contributed by atoms with E-state index in [0.29, 0.717) is 5.84 Å². The number of anilines is 1. The molecule has 0 unspecified atom stereocenters. The molecular formula is C52H48N6. The summed E-state index contributed by atoms with van der Waals surface area (Å²) in [5.41, 5.74) is 15.7. The lowest BCUT2D eigenvalue weighted by molar-refractivity contribution is 0.588. The number of rotatable bonds is 5. The molecule has 6 heteroatoms. The summed E-state index contributed by atoms with van der Waals surface area (Å²) in [4.78, 5) is 9.72. The van der Waals surface area contributed by atoms with E-state index in [1.54, 1.807) is 6.92 Å². The molecule has 0 aliphatic heterocycles. The average Bonchev–Trinajstić information content (AvgIpc) is 3.68. The topological polar surface area (TPSA) is 71.0 Å². The molecule has 9 rings (SSSR count). The first-order chi connectivity index (χ1) is 27.8. The van der Waals surface area contributed by atoms with Crippen LogP contribution in [0.4, 0.5) is 5.69 Å². The normalized spacial score (nSPS) is 12.3. The molecule has 3 aromatic heterocycles. The summed E-state index contributed by atoms with van der Waals surface area (Å²) in [5, 5.41) is 16.9. The molecule has 6 aromatic carbocycles. The largest absolute Gasteiger partial charge is 0.340 e. The highest BCUT2D eigenvalue weighted by Gasteiger charge is 2.21. The number of aliphatic imine (C=N–C) groups is 1. The van der Waals surface area contributed by atoms with E-state index < -0.39 is 0 Å². The van der Waals surface area contributed by atoms with Crippen molar-refractivity contribution in [2.24, 2.45) is 4.99 Å². The van der Waals surface area contributed by atoms with Gasteiger partial charge in [0.05, 0.1) is 22.1 Å². The van der Waals surface area contributed by atoms with Crippen LogP contribution in [0.15, 0.2) is 139 Å². The number of pyridine rings is 1. The Morgan fingerprint density at radius 2 is 1.21 bits per heavy atom. The average molecular weight is 757 g/mol. The summed E-state index contributed by atoms with van der Waals surface area (Å²) >= 11 is 0. The molecule has 0 bridgehead atoms. The van der Waals surface area contributed by atoms with Gasteiger partial charge in [-0.2, -0.15) is 0 Å². The zero-order valence-corrected chi connectivity index (χ0v) is 34.5. The minimum absolute atomic E-state index is 0.0153. The van der Waals surface area contributed by atoms with Gasteiger partial charge in [-0.05, 0) is 122 Å². The smallest absolute Gasteiger partial charge is 0.140 e. The molecule has 9 aromatic rings. The van der Waals surface area contributed by atoms with E-state index in [-0.39, 0.29) is 11.3 Å². The van der Waals surface area contributed by atoms with Crippen molar-refractivity contribution >= 4 is 61.0 Å². The van der Waals surface area contributed by atoms with Gasteiger partial charge in [-0.15, -0.1) is 0 Å². The second-order valence-electron chi connectivity index (χ2n) is 16.8. The molecule has 6 nitrogen and oxygen atoms in total. The molecule has 3 heterocycles. The third-order valence-electron chi connectivity index (χ3n) is 11.3. The van der Waals surface area contributed by atoms with Gasteiger partial charge in [0.25, 0.3) is 0 Å². The van der Waals surface area contributed by atoms with E-state index in [1.807, 2.05) is 6.20 Å². The van der Waals surface area contributed by atoms with Gasteiger partial charge in [0.2, 0.25) is 0 Å². The molecule has 2 N–H and O–H groups in total. The molecule has 0 spiro atoms. The summed E-state index contributed by atoms with van der Waals surface area (Å²) in [6, 6.07) is 46.0. The lowest BCUT2D eigenvalue weighted by Gasteiger charge is -2.20. The minimum Gasteiger partial charge on any atom is -0.340 e. The number of aryl methyl sites for hydroxylation is 4. The van der Waals surface area contributed by atoms with Crippen LogP contribution in [-0.2, 0) is 5.41 Å². The van der Waals surface area contributed by atoms with E-state index in [0.717, 1.165) is 55.9 Å². The van der Waals surface area contributed by atoms with Gasteiger partial charge in [0, 0.05) is 44.7 Å². The Morgan fingerprint density at radius 3 is 1.84 bits per heavy atom. The number of amidine groups is 2. The van der Waals surface area contributed by atoms with Gasteiger partial charge in [0.15, 0.2) is 0 Å². The van der Waals surface area contributed by atoms with Crippen LogP contribution < -0.4 is 5.32 Å². The zero-order valence-electron chi connectivity index (χ0n) is 34.5. The molecule has 0 saturated heterocycles. The Balaban J connectivity index is 1.20. The van der Waals surface area contributed by atoms with Gasteiger partial charge in [-0.25, -0.2) is 9.98 Å². The van der Waals surface area contributed by atoms with Crippen LogP contribution in [0.25, 0.3) is 66.2 Å². The Labute approximate surface area is 340 Å². The van der Waals surface area contributed by atoms with E-state index >= 15 is 0 Å². The number of para-hydroxylation sites is 2. The second-order valence-corrected chi connectivity index (χ2v) is 16.8. The van der Waals surface area contributed by atoms with Gasteiger partial charge >= 0.3 is 0 Å². The number of aromatic nitrogens is 3. The quantitative estimate of drug-likeness (QED) is 0.136. The van der Waals surface area contributed by atoms with E-state index in [9.17, 15) is 0 Å². The van der Waals surface area contributed by atoms with Crippen molar-refractivity contribution in [3.8, 4) is 22.6 Å². The zero-order chi connectivity index (χ0) is 40.5. The highest BCUT2D eigenvalue weighted by molar-refractivity contribution is 6.19. The van der Waals surface area contributed by atoms with Gasteiger partial charge in [-0.3, -0.25) is 9.98 Å². The van der Waals surface area contributed by atoms with Crippen molar-refractivity contribution < 1.29 is 0 Å². The Hall–Kier alpha value is -6.79. The first-order valence-corrected chi connectivity index (χ1v) is 20.0. The van der Waals surface area contributed by atoms with Crippen molar-refractivity contribution in [1.82, 2.24) is 14.1 Å². The highest BCUT2D eigenvalue weighted by atomic mass is 15.1. The van der Waals surface area contributed by atoms with Crippen molar-refractivity contribution in [2.75, 3.05) is 5.32 Å². The maximum absolute atomic E-state index is 8.43. The summed E-state index contributed by atoms with van der Waals surface area (Å²) < 4.78 is 4.68. The van der Waals surface area contributed by atoms with Crippen LogP contribution in [0.3, 0.4) is 0 Å². The molecule has 286 valence electrons. The predicted molar refractivity (Wildman–Crippen MR) is 246 cm³/mol. The van der Waals surface area contributed by atoms with Crippen LogP contribution in [-0.4, -0.2) is 25.8 Å². The van der Waals surface area contributed by atoms with Crippen molar-refractivity contribution in [3.05, 3.63) is 167 Å². The molecule has 0 fully saturated rings. The lowest BCUT2D eigenvalue weighted by Crippen LogP contribution is -2.18. The molecule has 0 aliphatic rings. The lowest BCUT2D eigenvalue weighted by atomic mass is 9.88. The SMILES string of the molecule is CC(=N)N=C(Nc1cccc(-n2c3ccccc3c3cc4c5ccccc5n(-c5cc(C(C)(C)C)ccn5)c4cc32)c1)c1c(C)cc(-c2cc(C)cc(C)c2)cc1C. The van der Waals surface area contributed by atoms with Gasteiger partial charge in [-0.1, -0.05) is 105 Å². The number of hydrogen-bond acceptors (Lipinski definition) is 2. The summed E-state index contributed by atoms with van der Waals surface area (Å²) in [6.45, 7) is 17.0. The maximum atomic E-state index is 8.43. The summed E-state index contributed by atoms with van der Waals surface area (Å²) in [7, 11) is 0. The van der Waals surface area contributed by atoms with Crippen molar-refractivity contribution in [3.63, 3.8) is 0 Å². The summed E-state index contributed by atoms with van der Waals surface area (Å²) in [6.07, 6.45) is 1.93. The molecule has 0 amide bonds. The van der Waals surface area contributed by atoms with E-state index in [4.69, 9.17) is 15.4 Å². The van der Waals surface area contributed by atoms with Crippen LogP contribution in [0.2, 0.25) is 0 Å². The molecule has 0 atom stereocenters. The van der Waals surface area contributed by atoms with Crippen LogP contribution in [0.5, 0.6) is 0 Å². The van der Waals surface area contributed by atoms with E-state index in [2.05, 4.69) is 190 Å². The van der Waals surface area contributed by atoms with Crippen LogP contribution in [0, 0.1) is 33.1 Å². The number of benzene rings is 6. The highest BCUT2D eigenvalue weighted by Crippen LogP contribution is 2.40. The predicted octanol–water partition coefficient (Wildman–Crippen LogP) is 13.3. The van der Waals surface area contributed by atoms with Gasteiger partial charge in [0.1, 0.15) is 17.5 Å². The Kier molecular flexibility index (Phi) is 8.89. The standard InChI is InChI=1S/C52H48N6/c1-31-22-32(2)24-36(23-31)37-25-33(3)50(34(4)26-37)51(55-35(5)53)56-39-14-13-15-40(28-39)57-45-18-11-9-16-41(45)43-29-44-42-17-10-12-19-46(42)58(48(44)30-47(43)57)49-27-38(20-21-54-49)52(6,7)8/h9-30H,1-8H3,(H2,53,55,56). The van der Waals surface area contributed by atoms with Crippen LogP contribution in [0.1, 0.15) is 61.1 Å². The monoisotopic (exact) mass is 756 g/mol. The first kappa shape index (κ1) is 36.8. The molecule has 58 heavy (non-hydrogen) atoms. The van der Waals surface area contributed by atoms with Crippen molar-refractivity contribution in [2.45, 2.75) is 60.8 Å². The fraction of sp³-hybridized carbons (Fsp3) is 0.173. The van der Waals surface area contributed by atoms with E-state index in [1.165, 1.54) is 49.4 Å². The first-order valence-electron chi connectivity index (χ1n) is 20.0. The van der Waals surface area contributed by atoms with Crippen molar-refractivity contribution in [1.29, 1.82) is 5.41 Å². The molecular weight excluding hydrogens is 709 g/mol. The fourth-order valence-electron chi connectivity index (χ4n) is 8.78. The minimum atomic E-state index is -0.0153. The third-order valence-corrected chi connectivity index (χ3v) is 11.3. The summed E-state index contributed by atoms with van der Waals surface area (Å²) in [5.74, 6) is 1.80. The molecule has 0 radical (unpaired) electrons. The second kappa shape index (κ2) is 14.0. The third kappa shape index (κ3) is 6.45. The molecule has 0 aliphatic carbocycles. The molecule has 0 saturated carbocycles. The fourth-order valence-corrected chi connectivity index (χ4v) is 8.78. The van der Waals surface area contributed by atoms with Crippen LogP contribution >= 0.6 is 0 Å². The number of hydrogen-bond donors (Lipinski definition) is 2. The number of nitrogens with zero attached hydrogens (tertiary/aromatic N) is 4. The Bertz CT molecular complexity index is 3100.